The van der Waals surface area contributed by atoms with Gasteiger partial charge in [0.05, 0.1) is 11.5 Å². The van der Waals surface area contributed by atoms with Crippen LogP contribution in [0.5, 0.6) is 0 Å². The smallest absolute Gasteiger partial charge is 0.191 e. The Morgan fingerprint density at radius 3 is 2.48 bits per heavy atom. The van der Waals surface area contributed by atoms with E-state index in [1.54, 1.807) is 0 Å². The molecule has 27 heavy (non-hydrogen) atoms. The maximum absolute atomic E-state index is 11.7. The zero-order valence-electron chi connectivity index (χ0n) is 16.4. The highest BCUT2D eigenvalue weighted by Gasteiger charge is 2.34. The standard InChI is InChI=1S/C20H35N3O3S/c24-27(25)11-8-15(14-27)13-21-20(22-18-6-9-26-10-7-18)23-19-5-4-16-2-1-3-17(16)12-19/h15-19H,1-14H2,(H2,21,22,23). The summed E-state index contributed by atoms with van der Waals surface area (Å²) in [6.07, 6.45) is 10.8. The first-order valence-corrected chi connectivity index (χ1v) is 12.8. The number of sulfone groups is 1. The van der Waals surface area contributed by atoms with Crippen molar-refractivity contribution >= 4 is 15.8 Å². The SMILES string of the molecule is O=S1(=O)CCC(CN=C(NC2CCOCC2)NC2CCC3CCCC3C2)C1. The van der Waals surface area contributed by atoms with Crippen molar-refractivity contribution < 1.29 is 13.2 Å². The van der Waals surface area contributed by atoms with E-state index in [-0.39, 0.29) is 5.92 Å². The molecule has 4 fully saturated rings. The van der Waals surface area contributed by atoms with Gasteiger partial charge in [-0.2, -0.15) is 0 Å². The van der Waals surface area contributed by atoms with E-state index in [0.717, 1.165) is 50.3 Å². The van der Waals surface area contributed by atoms with Gasteiger partial charge in [0.15, 0.2) is 15.8 Å². The van der Waals surface area contributed by atoms with Crippen LogP contribution >= 0.6 is 0 Å². The number of guanidine groups is 1. The second kappa shape index (κ2) is 8.68. The van der Waals surface area contributed by atoms with Crippen molar-refractivity contribution in [3.63, 3.8) is 0 Å². The zero-order chi connectivity index (χ0) is 18.7. The van der Waals surface area contributed by atoms with E-state index in [2.05, 4.69) is 10.6 Å². The minimum Gasteiger partial charge on any atom is -0.381 e. The fraction of sp³-hybridized carbons (Fsp3) is 0.950. The third kappa shape index (κ3) is 5.37. The third-order valence-corrected chi connectivity index (χ3v) is 8.86. The number of fused-ring (bicyclic) bond motifs is 1. The zero-order valence-corrected chi connectivity index (χ0v) is 17.2. The largest absolute Gasteiger partial charge is 0.381 e. The molecule has 154 valence electrons. The van der Waals surface area contributed by atoms with Crippen LogP contribution < -0.4 is 10.6 Å². The maximum atomic E-state index is 11.7. The van der Waals surface area contributed by atoms with Crippen LogP contribution in [-0.4, -0.2) is 57.7 Å². The monoisotopic (exact) mass is 397 g/mol. The van der Waals surface area contributed by atoms with Gasteiger partial charge in [-0.25, -0.2) is 8.42 Å². The molecule has 2 saturated heterocycles. The van der Waals surface area contributed by atoms with Crippen molar-refractivity contribution in [3.8, 4) is 0 Å². The number of hydrogen-bond acceptors (Lipinski definition) is 4. The van der Waals surface area contributed by atoms with Gasteiger partial charge < -0.3 is 15.4 Å². The van der Waals surface area contributed by atoms with Gasteiger partial charge in [0.25, 0.3) is 0 Å². The lowest BCUT2D eigenvalue weighted by Crippen LogP contribution is -2.50. The lowest BCUT2D eigenvalue weighted by molar-refractivity contribution is 0.0821. The normalized spacial score (nSPS) is 37.1. The average molecular weight is 398 g/mol. The summed E-state index contributed by atoms with van der Waals surface area (Å²) < 4.78 is 28.9. The minimum absolute atomic E-state index is 0.175. The molecule has 7 heteroatoms. The number of nitrogens with zero attached hydrogens (tertiary/aromatic N) is 1. The first kappa shape index (κ1) is 19.5. The van der Waals surface area contributed by atoms with Crippen LogP contribution in [0, 0.1) is 17.8 Å². The third-order valence-electron chi connectivity index (χ3n) is 7.03. The summed E-state index contributed by atoms with van der Waals surface area (Å²) in [4.78, 5) is 4.83. The molecule has 0 spiro atoms. The Balaban J connectivity index is 1.36. The fourth-order valence-corrected chi connectivity index (χ4v) is 7.28. The highest BCUT2D eigenvalue weighted by atomic mass is 32.2. The molecule has 2 heterocycles. The van der Waals surface area contributed by atoms with Crippen molar-refractivity contribution in [3.05, 3.63) is 0 Å². The van der Waals surface area contributed by atoms with Gasteiger partial charge >= 0.3 is 0 Å². The van der Waals surface area contributed by atoms with Crippen molar-refractivity contribution in [2.75, 3.05) is 31.3 Å². The van der Waals surface area contributed by atoms with Gasteiger partial charge in [-0.05, 0) is 56.3 Å². The van der Waals surface area contributed by atoms with Gasteiger partial charge in [-0.15, -0.1) is 0 Å². The molecule has 0 aromatic heterocycles. The van der Waals surface area contributed by atoms with E-state index in [1.165, 1.54) is 38.5 Å². The summed E-state index contributed by atoms with van der Waals surface area (Å²) in [5.41, 5.74) is 0. The summed E-state index contributed by atoms with van der Waals surface area (Å²) in [7, 11) is -2.83. The highest BCUT2D eigenvalue weighted by molar-refractivity contribution is 7.91. The van der Waals surface area contributed by atoms with Gasteiger partial charge in [-0.1, -0.05) is 19.3 Å². The van der Waals surface area contributed by atoms with Crippen LogP contribution in [0.15, 0.2) is 4.99 Å². The predicted molar refractivity (Wildman–Crippen MR) is 108 cm³/mol. The number of nitrogens with one attached hydrogen (secondary N) is 2. The Hall–Kier alpha value is -0.820. The Morgan fingerprint density at radius 1 is 0.926 bits per heavy atom. The number of rotatable bonds is 4. The van der Waals surface area contributed by atoms with Crippen LogP contribution in [0.2, 0.25) is 0 Å². The first-order valence-electron chi connectivity index (χ1n) is 10.9. The molecule has 2 aliphatic carbocycles. The van der Waals surface area contributed by atoms with Crippen LogP contribution in [0.3, 0.4) is 0 Å². The molecular formula is C20H35N3O3S. The van der Waals surface area contributed by atoms with Crippen LogP contribution in [0.25, 0.3) is 0 Å². The minimum atomic E-state index is -2.83. The van der Waals surface area contributed by atoms with E-state index < -0.39 is 9.84 Å². The quantitative estimate of drug-likeness (QED) is 0.561. The lowest BCUT2D eigenvalue weighted by Gasteiger charge is -2.34. The van der Waals surface area contributed by atoms with Crippen LogP contribution in [0.1, 0.15) is 57.8 Å². The maximum Gasteiger partial charge on any atom is 0.191 e. The molecule has 0 amide bonds. The average Bonchev–Trinajstić information content (AvgIpc) is 3.26. The highest BCUT2D eigenvalue weighted by Crippen LogP contribution is 2.42. The van der Waals surface area contributed by atoms with E-state index >= 15 is 0 Å². The Kier molecular flexibility index (Phi) is 6.27. The van der Waals surface area contributed by atoms with Crippen molar-refractivity contribution in [1.29, 1.82) is 0 Å². The summed E-state index contributed by atoms with van der Waals surface area (Å²) in [5, 5.41) is 7.33. The predicted octanol–water partition coefficient (Wildman–Crippen LogP) is 2.10. The summed E-state index contributed by atoms with van der Waals surface area (Å²) in [5.74, 6) is 3.54. The second-order valence-electron chi connectivity index (χ2n) is 9.09. The van der Waals surface area contributed by atoms with Crippen LogP contribution in [0.4, 0.5) is 0 Å². The first-order chi connectivity index (χ1) is 13.1. The molecule has 0 aromatic carbocycles. The molecule has 4 rings (SSSR count). The molecular weight excluding hydrogens is 362 g/mol. The molecule has 4 unspecified atom stereocenters. The fourth-order valence-electron chi connectivity index (χ4n) is 5.43. The molecule has 0 aromatic rings. The van der Waals surface area contributed by atoms with Crippen molar-refractivity contribution in [2.45, 2.75) is 69.9 Å². The molecule has 6 nitrogen and oxygen atoms in total. The van der Waals surface area contributed by atoms with E-state index in [0.29, 0.717) is 30.1 Å². The van der Waals surface area contributed by atoms with E-state index in [1.807, 2.05) is 0 Å². The molecule has 0 bridgehead atoms. The van der Waals surface area contributed by atoms with Gasteiger partial charge in [0.1, 0.15) is 0 Å². The molecule has 2 saturated carbocycles. The molecule has 4 aliphatic rings. The van der Waals surface area contributed by atoms with E-state index in [4.69, 9.17) is 9.73 Å². The second-order valence-corrected chi connectivity index (χ2v) is 11.3. The van der Waals surface area contributed by atoms with Crippen LogP contribution in [-0.2, 0) is 14.6 Å². The Labute approximate surface area is 163 Å². The van der Waals surface area contributed by atoms with Crippen molar-refractivity contribution in [1.82, 2.24) is 10.6 Å². The Morgan fingerprint density at radius 2 is 1.70 bits per heavy atom. The molecule has 2 N–H and O–H groups in total. The number of ether oxygens (including phenoxy) is 1. The summed E-state index contributed by atoms with van der Waals surface area (Å²) in [6.45, 7) is 2.22. The Bertz CT molecular complexity index is 630. The summed E-state index contributed by atoms with van der Waals surface area (Å²) >= 11 is 0. The van der Waals surface area contributed by atoms with E-state index in [9.17, 15) is 8.42 Å². The lowest BCUT2D eigenvalue weighted by atomic mass is 9.79. The molecule has 4 atom stereocenters. The van der Waals surface area contributed by atoms with Gasteiger partial charge in [-0.3, -0.25) is 4.99 Å². The summed E-state index contributed by atoms with van der Waals surface area (Å²) in [6, 6.07) is 0.905. The topological polar surface area (TPSA) is 79.8 Å². The number of hydrogen-bond donors (Lipinski definition) is 2. The molecule has 2 aliphatic heterocycles. The van der Waals surface area contributed by atoms with Gasteiger partial charge in [0, 0.05) is 31.8 Å². The van der Waals surface area contributed by atoms with Crippen molar-refractivity contribution in [2.24, 2.45) is 22.7 Å². The molecule has 0 radical (unpaired) electrons. The van der Waals surface area contributed by atoms with Gasteiger partial charge in [0.2, 0.25) is 0 Å². The number of aliphatic imine (C=N–C) groups is 1.